The van der Waals surface area contributed by atoms with Gasteiger partial charge >= 0.3 is 5.97 Å². The topological polar surface area (TPSA) is 95.7 Å². The van der Waals surface area contributed by atoms with Crippen LogP contribution >= 0.6 is 0 Å². The minimum atomic E-state index is -0.608. The molecule has 4 atom stereocenters. The van der Waals surface area contributed by atoms with E-state index in [2.05, 4.69) is 15.0 Å². The van der Waals surface area contributed by atoms with Gasteiger partial charge in [0.25, 0.3) is 0 Å². The molecule has 0 aliphatic carbocycles. The van der Waals surface area contributed by atoms with Crippen molar-refractivity contribution in [3.8, 4) is 0 Å². The largest absolute Gasteiger partial charge is 0.464 e. The van der Waals surface area contributed by atoms with E-state index in [1.54, 1.807) is 0 Å². The van der Waals surface area contributed by atoms with Crippen LogP contribution < -0.4 is 0 Å². The van der Waals surface area contributed by atoms with E-state index in [0.29, 0.717) is 6.61 Å². The number of ether oxygens (including phenoxy) is 3. The van der Waals surface area contributed by atoms with Crippen LogP contribution in [0.3, 0.4) is 0 Å². The highest BCUT2D eigenvalue weighted by Crippen LogP contribution is 2.33. The fourth-order valence-corrected chi connectivity index (χ4v) is 2.32. The zero-order valence-corrected chi connectivity index (χ0v) is 9.72. The quantitative estimate of drug-likeness (QED) is 0.660. The molecule has 0 spiro atoms. The van der Waals surface area contributed by atoms with Crippen molar-refractivity contribution in [2.24, 2.45) is 0 Å². The minimum Gasteiger partial charge on any atom is -0.464 e. The molecule has 2 aliphatic rings. The van der Waals surface area contributed by atoms with Crippen molar-refractivity contribution in [2.75, 3.05) is 20.3 Å². The van der Waals surface area contributed by atoms with E-state index < -0.39 is 12.1 Å². The van der Waals surface area contributed by atoms with E-state index in [0.717, 1.165) is 0 Å². The monoisotopic (exact) mass is 255 g/mol. The van der Waals surface area contributed by atoms with Gasteiger partial charge in [-0.25, -0.2) is 9.48 Å². The molecule has 0 unspecified atom stereocenters. The number of methoxy groups -OCH3 is 1. The second-order valence-corrected chi connectivity index (χ2v) is 4.31. The lowest BCUT2D eigenvalue weighted by Crippen LogP contribution is -2.30. The molecule has 8 nitrogen and oxygen atoms in total. The summed E-state index contributed by atoms with van der Waals surface area (Å²) in [7, 11) is 1.28. The first kappa shape index (κ1) is 11.6. The average Bonchev–Trinajstić information content (AvgIpc) is 3.05. The van der Waals surface area contributed by atoms with Crippen molar-refractivity contribution in [1.82, 2.24) is 15.0 Å². The van der Waals surface area contributed by atoms with Gasteiger partial charge in [0.2, 0.25) is 0 Å². The molecule has 1 aromatic rings. The third-order valence-corrected chi connectivity index (χ3v) is 3.25. The van der Waals surface area contributed by atoms with Crippen molar-refractivity contribution < 1.29 is 24.1 Å². The number of aliphatic hydroxyl groups excluding tert-OH is 1. The molecule has 1 N–H and O–H groups in total. The van der Waals surface area contributed by atoms with Gasteiger partial charge in [0.15, 0.2) is 5.69 Å². The Kier molecular flexibility index (Phi) is 2.77. The van der Waals surface area contributed by atoms with Crippen LogP contribution in [0.4, 0.5) is 0 Å². The number of carbonyl (C=O) groups is 1. The molecule has 0 aromatic carbocycles. The SMILES string of the molecule is COC(=O)c1cn([C@H]2CO[C@H]3[C@@H]2OC[C@H]3O)nn1. The van der Waals surface area contributed by atoms with Crippen LogP contribution in [0, 0.1) is 0 Å². The summed E-state index contributed by atoms with van der Waals surface area (Å²) in [6.45, 7) is 0.626. The Labute approximate surface area is 102 Å². The molecule has 18 heavy (non-hydrogen) atoms. The number of fused-ring (bicyclic) bond motifs is 1. The molecule has 1 aromatic heterocycles. The summed E-state index contributed by atoms with van der Waals surface area (Å²) < 4.78 is 17.0. The molecule has 8 heteroatoms. The summed E-state index contributed by atoms with van der Waals surface area (Å²) in [5, 5.41) is 17.2. The fraction of sp³-hybridized carbons (Fsp3) is 0.700. The standard InChI is InChI=1S/C10H13N3O5/c1-16-10(15)5-2-13(12-11-5)6-3-17-9-7(14)4-18-8(6)9/h2,6-9,14H,3-4H2,1H3/t6-,7+,8+,9+/m0/s1. The third kappa shape index (κ3) is 1.69. The third-order valence-electron chi connectivity index (χ3n) is 3.25. The highest BCUT2D eigenvalue weighted by molar-refractivity contribution is 5.86. The molecular weight excluding hydrogens is 242 g/mol. The number of rotatable bonds is 2. The van der Waals surface area contributed by atoms with Gasteiger partial charge in [0, 0.05) is 0 Å². The maximum Gasteiger partial charge on any atom is 0.360 e. The van der Waals surface area contributed by atoms with Crippen molar-refractivity contribution in [3.63, 3.8) is 0 Å². The lowest BCUT2D eigenvalue weighted by atomic mass is 10.1. The Bertz CT molecular complexity index is 462. The number of carbonyl (C=O) groups excluding carboxylic acids is 1. The molecule has 98 valence electrons. The number of esters is 1. The van der Waals surface area contributed by atoms with E-state index in [1.165, 1.54) is 18.0 Å². The van der Waals surface area contributed by atoms with Crippen molar-refractivity contribution in [2.45, 2.75) is 24.4 Å². The van der Waals surface area contributed by atoms with Gasteiger partial charge in [-0.1, -0.05) is 5.21 Å². The summed E-state index contributed by atoms with van der Waals surface area (Å²) in [6, 6.07) is -0.182. The summed E-state index contributed by atoms with van der Waals surface area (Å²) in [6.07, 6.45) is 0.299. The van der Waals surface area contributed by atoms with Gasteiger partial charge in [-0.15, -0.1) is 5.10 Å². The van der Waals surface area contributed by atoms with Crippen LogP contribution in [0.25, 0.3) is 0 Å². The maximum absolute atomic E-state index is 11.3. The smallest absolute Gasteiger partial charge is 0.360 e. The number of nitrogens with zero attached hydrogens (tertiary/aromatic N) is 3. The zero-order chi connectivity index (χ0) is 12.7. The molecular formula is C10H13N3O5. The number of hydrogen-bond acceptors (Lipinski definition) is 7. The lowest BCUT2D eigenvalue weighted by Gasteiger charge is -2.14. The number of aliphatic hydroxyl groups is 1. The average molecular weight is 255 g/mol. The molecule has 0 bridgehead atoms. The van der Waals surface area contributed by atoms with E-state index in [-0.39, 0.29) is 30.6 Å². The Balaban J connectivity index is 1.79. The zero-order valence-electron chi connectivity index (χ0n) is 9.72. The van der Waals surface area contributed by atoms with Gasteiger partial charge in [-0.05, 0) is 0 Å². The van der Waals surface area contributed by atoms with Crippen LogP contribution in [-0.4, -0.2) is 64.7 Å². The Hall–Kier alpha value is -1.51. The first-order valence-corrected chi connectivity index (χ1v) is 5.62. The van der Waals surface area contributed by atoms with Crippen molar-refractivity contribution in [3.05, 3.63) is 11.9 Å². The Morgan fingerprint density at radius 3 is 3.06 bits per heavy atom. The minimum absolute atomic E-state index is 0.138. The Morgan fingerprint density at radius 2 is 2.28 bits per heavy atom. The predicted octanol–water partition coefficient (Wildman–Crippen LogP) is -1.24. The summed E-state index contributed by atoms with van der Waals surface area (Å²) in [5.41, 5.74) is 0.138. The molecule has 0 radical (unpaired) electrons. The van der Waals surface area contributed by atoms with Gasteiger partial charge in [0.05, 0.1) is 26.5 Å². The van der Waals surface area contributed by atoms with E-state index >= 15 is 0 Å². The van der Waals surface area contributed by atoms with E-state index in [1.807, 2.05) is 0 Å². The molecule has 0 saturated carbocycles. The lowest BCUT2D eigenvalue weighted by molar-refractivity contribution is 0.0169. The van der Waals surface area contributed by atoms with Crippen LogP contribution in [0.15, 0.2) is 6.20 Å². The first-order chi connectivity index (χ1) is 8.70. The van der Waals surface area contributed by atoms with Crippen LogP contribution in [0.1, 0.15) is 16.5 Å². The number of aromatic nitrogens is 3. The molecule has 3 heterocycles. The molecule has 2 fully saturated rings. The summed E-state index contributed by atoms with van der Waals surface area (Å²) in [4.78, 5) is 11.3. The van der Waals surface area contributed by atoms with Crippen LogP contribution in [0.5, 0.6) is 0 Å². The number of hydrogen-bond donors (Lipinski definition) is 1. The van der Waals surface area contributed by atoms with Crippen molar-refractivity contribution >= 4 is 5.97 Å². The highest BCUT2D eigenvalue weighted by Gasteiger charge is 2.48. The summed E-state index contributed by atoms with van der Waals surface area (Å²) in [5.74, 6) is -0.538. The molecule has 3 rings (SSSR count). The second kappa shape index (κ2) is 4.30. The fourth-order valence-electron chi connectivity index (χ4n) is 2.32. The Morgan fingerprint density at radius 1 is 1.50 bits per heavy atom. The van der Waals surface area contributed by atoms with Gasteiger partial charge < -0.3 is 19.3 Å². The van der Waals surface area contributed by atoms with Crippen LogP contribution in [0.2, 0.25) is 0 Å². The van der Waals surface area contributed by atoms with Gasteiger partial charge in [0.1, 0.15) is 24.4 Å². The van der Waals surface area contributed by atoms with E-state index in [9.17, 15) is 9.90 Å². The first-order valence-electron chi connectivity index (χ1n) is 5.62. The molecule has 2 aliphatic heterocycles. The highest BCUT2D eigenvalue weighted by atomic mass is 16.6. The van der Waals surface area contributed by atoms with Gasteiger partial charge in [-0.2, -0.15) is 0 Å². The van der Waals surface area contributed by atoms with E-state index in [4.69, 9.17) is 9.47 Å². The van der Waals surface area contributed by atoms with Crippen LogP contribution in [-0.2, 0) is 14.2 Å². The summed E-state index contributed by atoms with van der Waals surface area (Å²) >= 11 is 0. The molecule has 2 saturated heterocycles. The maximum atomic E-state index is 11.3. The normalized spacial score (nSPS) is 34.6. The second-order valence-electron chi connectivity index (χ2n) is 4.31. The molecule has 0 amide bonds. The van der Waals surface area contributed by atoms with Gasteiger partial charge in [-0.3, -0.25) is 0 Å². The predicted molar refractivity (Wildman–Crippen MR) is 55.9 cm³/mol. The van der Waals surface area contributed by atoms with Crippen molar-refractivity contribution in [1.29, 1.82) is 0 Å².